The van der Waals surface area contributed by atoms with Gasteiger partial charge in [-0.05, 0) is 7.05 Å². The number of nitrogens with one attached hydrogen (secondary N) is 1. The Morgan fingerprint density at radius 1 is 0.548 bits per heavy atom. The second-order valence-electron chi connectivity index (χ2n) is 7.17. The van der Waals surface area contributed by atoms with Gasteiger partial charge in [-0.25, -0.2) is 0 Å². The second kappa shape index (κ2) is 13.2. The second-order valence-corrected chi connectivity index (χ2v) is 7.17. The summed E-state index contributed by atoms with van der Waals surface area (Å²) < 4.78 is 0. The molecular weight excluding hydrogens is 412 g/mol. The number of carboxylic acid groups (broad SMARTS) is 1. The average molecular weight is 444 g/mol. The molecule has 13 nitrogen and oxygen atoms in total. The highest BCUT2D eigenvalue weighted by molar-refractivity contribution is 5.91. The van der Waals surface area contributed by atoms with Gasteiger partial charge in [0.15, 0.2) is 0 Å². The zero-order chi connectivity index (χ0) is 24.3. The molecule has 0 fully saturated rings. The summed E-state index contributed by atoms with van der Waals surface area (Å²) in [7, 11) is 8.55. The van der Waals surface area contributed by atoms with E-state index in [4.69, 9.17) is 5.11 Å². The number of carbonyl (C=O) groups is 6. The van der Waals surface area contributed by atoms with Crippen LogP contribution in [-0.2, 0) is 28.8 Å². The Morgan fingerprint density at radius 3 is 1.06 bits per heavy atom. The molecule has 0 spiro atoms. The normalized spacial score (nSPS) is 10.1. The minimum absolute atomic E-state index is 0.0827. The van der Waals surface area contributed by atoms with Gasteiger partial charge in [-0.2, -0.15) is 0 Å². The molecule has 0 aliphatic carbocycles. The molecule has 0 saturated heterocycles. The topological polar surface area (TPSA) is 151 Å². The first-order valence-corrected chi connectivity index (χ1v) is 9.36. The molecule has 0 heterocycles. The Hall–Kier alpha value is -3.22. The summed E-state index contributed by atoms with van der Waals surface area (Å²) in [4.78, 5) is 76.6. The molecule has 0 saturated carbocycles. The number of nitrogens with zero attached hydrogens (tertiary/aromatic N) is 5. The SMILES string of the molecule is CNCC(=O)N(C)CC(=O)N(C)CC(=O)N(C)CC(=O)N(C)CC(=O)N(C)CC(=O)O. The lowest BCUT2D eigenvalue weighted by molar-refractivity contribution is -0.146. The van der Waals surface area contributed by atoms with Gasteiger partial charge in [-0.3, -0.25) is 28.8 Å². The third-order valence-electron chi connectivity index (χ3n) is 4.32. The van der Waals surface area contributed by atoms with E-state index in [-0.39, 0.29) is 38.6 Å². The maximum absolute atomic E-state index is 12.3. The molecule has 31 heavy (non-hydrogen) atoms. The van der Waals surface area contributed by atoms with Crippen molar-refractivity contribution in [1.82, 2.24) is 29.8 Å². The summed E-state index contributed by atoms with van der Waals surface area (Å²) in [5.74, 6) is -3.48. The molecule has 176 valence electrons. The van der Waals surface area contributed by atoms with Crippen LogP contribution in [0.5, 0.6) is 0 Å². The molecule has 0 radical (unpaired) electrons. The summed E-state index contributed by atoms with van der Waals surface area (Å²) in [6, 6.07) is 0. The molecule has 0 unspecified atom stereocenters. The van der Waals surface area contributed by atoms with Gasteiger partial charge in [0.2, 0.25) is 29.5 Å². The van der Waals surface area contributed by atoms with E-state index in [1.807, 2.05) is 0 Å². The Balaban J connectivity index is 4.61. The summed E-state index contributed by atoms with van der Waals surface area (Å²) >= 11 is 0. The van der Waals surface area contributed by atoms with Crippen LogP contribution in [0.1, 0.15) is 0 Å². The van der Waals surface area contributed by atoms with E-state index in [1.165, 1.54) is 40.1 Å². The van der Waals surface area contributed by atoms with Crippen LogP contribution < -0.4 is 5.32 Å². The van der Waals surface area contributed by atoms with Crippen LogP contribution >= 0.6 is 0 Å². The van der Waals surface area contributed by atoms with Crippen LogP contribution in [0, 0.1) is 0 Å². The Kier molecular flexibility index (Phi) is 11.8. The van der Waals surface area contributed by atoms with Crippen molar-refractivity contribution in [2.75, 3.05) is 81.6 Å². The van der Waals surface area contributed by atoms with Crippen molar-refractivity contribution >= 4 is 35.5 Å². The zero-order valence-corrected chi connectivity index (χ0v) is 18.9. The quantitative estimate of drug-likeness (QED) is 0.316. The van der Waals surface area contributed by atoms with Gasteiger partial charge in [0.05, 0.1) is 32.7 Å². The molecule has 0 atom stereocenters. The Labute approximate surface area is 181 Å². The molecule has 0 bridgehead atoms. The maximum Gasteiger partial charge on any atom is 0.323 e. The molecule has 0 aromatic rings. The number of likely N-dealkylation sites (N-methyl/N-ethyl adjacent to an activating group) is 6. The number of amides is 5. The van der Waals surface area contributed by atoms with Crippen LogP contribution in [-0.4, -0.2) is 147 Å². The monoisotopic (exact) mass is 444 g/mol. The van der Waals surface area contributed by atoms with E-state index in [9.17, 15) is 28.8 Å². The number of hydrogen-bond acceptors (Lipinski definition) is 7. The van der Waals surface area contributed by atoms with Gasteiger partial charge in [0.25, 0.3) is 0 Å². The number of aliphatic carboxylic acids is 1. The van der Waals surface area contributed by atoms with Crippen molar-refractivity contribution < 1.29 is 33.9 Å². The van der Waals surface area contributed by atoms with Crippen LogP contribution in [0.25, 0.3) is 0 Å². The number of carboxylic acids is 1. The van der Waals surface area contributed by atoms with Crippen molar-refractivity contribution in [3.8, 4) is 0 Å². The number of rotatable bonds is 12. The first kappa shape index (κ1) is 27.8. The van der Waals surface area contributed by atoms with Gasteiger partial charge in [-0.15, -0.1) is 0 Å². The molecule has 0 aromatic carbocycles. The molecular formula is C18H32N6O7. The third-order valence-corrected chi connectivity index (χ3v) is 4.32. The smallest absolute Gasteiger partial charge is 0.323 e. The highest BCUT2D eigenvalue weighted by Gasteiger charge is 2.22. The minimum atomic E-state index is -1.17. The molecule has 2 N–H and O–H groups in total. The standard InChI is InChI=1S/C18H32N6O7/c1-19-7-13(25)20(2)8-14(26)21(3)9-15(27)22(4)10-16(28)23(5)11-17(29)24(6)12-18(30)31/h19H,7-12H2,1-6H3,(H,30,31). The summed E-state index contributed by atoms with van der Waals surface area (Å²) in [5.41, 5.74) is 0. The van der Waals surface area contributed by atoms with Crippen LogP contribution in [0.4, 0.5) is 0 Å². The van der Waals surface area contributed by atoms with E-state index in [1.54, 1.807) is 7.05 Å². The number of hydrogen-bond donors (Lipinski definition) is 2. The van der Waals surface area contributed by atoms with Crippen molar-refractivity contribution in [3.05, 3.63) is 0 Å². The lowest BCUT2D eigenvalue weighted by Crippen LogP contribution is -2.48. The molecule has 0 aromatic heterocycles. The number of carbonyl (C=O) groups excluding carboxylic acids is 5. The van der Waals surface area contributed by atoms with Gasteiger partial charge >= 0.3 is 5.97 Å². The van der Waals surface area contributed by atoms with Crippen LogP contribution in [0.3, 0.4) is 0 Å². The fourth-order valence-electron chi connectivity index (χ4n) is 2.22. The van der Waals surface area contributed by atoms with Crippen molar-refractivity contribution in [1.29, 1.82) is 0 Å². The van der Waals surface area contributed by atoms with Gasteiger partial charge in [-0.1, -0.05) is 0 Å². The highest BCUT2D eigenvalue weighted by atomic mass is 16.4. The first-order chi connectivity index (χ1) is 14.3. The molecule has 0 aliphatic heterocycles. The van der Waals surface area contributed by atoms with E-state index >= 15 is 0 Å². The Bertz CT molecular complexity index is 699. The largest absolute Gasteiger partial charge is 0.480 e. The third kappa shape index (κ3) is 10.4. The van der Waals surface area contributed by atoms with Gasteiger partial charge in [0.1, 0.15) is 6.54 Å². The lowest BCUT2D eigenvalue weighted by atomic mass is 10.3. The fraction of sp³-hybridized carbons (Fsp3) is 0.667. The van der Waals surface area contributed by atoms with Gasteiger partial charge < -0.3 is 34.9 Å². The maximum atomic E-state index is 12.3. The van der Waals surface area contributed by atoms with Crippen molar-refractivity contribution in [3.63, 3.8) is 0 Å². The van der Waals surface area contributed by atoms with Crippen molar-refractivity contribution in [2.45, 2.75) is 0 Å². The molecule has 0 rings (SSSR count). The van der Waals surface area contributed by atoms with Gasteiger partial charge in [0, 0.05) is 35.2 Å². The molecule has 13 heteroatoms. The van der Waals surface area contributed by atoms with E-state index in [0.29, 0.717) is 0 Å². The molecule has 5 amide bonds. The summed E-state index contributed by atoms with van der Waals surface area (Å²) in [6.07, 6.45) is 0. The predicted octanol–water partition coefficient (Wildman–Crippen LogP) is -3.42. The predicted molar refractivity (Wildman–Crippen MR) is 110 cm³/mol. The van der Waals surface area contributed by atoms with Crippen LogP contribution in [0.15, 0.2) is 0 Å². The average Bonchev–Trinajstić information content (AvgIpc) is 2.66. The summed E-state index contributed by atoms with van der Waals surface area (Å²) in [5, 5.41) is 11.4. The van der Waals surface area contributed by atoms with E-state index < -0.39 is 36.1 Å². The highest BCUT2D eigenvalue weighted by Crippen LogP contribution is 1.97. The zero-order valence-electron chi connectivity index (χ0n) is 18.9. The molecule has 0 aliphatic rings. The van der Waals surface area contributed by atoms with Crippen LogP contribution in [0.2, 0.25) is 0 Å². The van der Waals surface area contributed by atoms with E-state index in [0.717, 1.165) is 19.6 Å². The van der Waals surface area contributed by atoms with Crippen molar-refractivity contribution in [2.24, 2.45) is 0 Å². The Morgan fingerprint density at radius 2 is 0.806 bits per heavy atom. The fourth-order valence-corrected chi connectivity index (χ4v) is 2.22. The minimum Gasteiger partial charge on any atom is -0.480 e. The lowest BCUT2D eigenvalue weighted by Gasteiger charge is -2.26. The van der Waals surface area contributed by atoms with E-state index in [2.05, 4.69) is 5.32 Å². The summed E-state index contributed by atoms with van der Waals surface area (Å²) in [6.45, 7) is -1.55. The first-order valence-electron chi connectivity index (χ1n) is 9.36.